The predicted molar refractivity (Wildman–Crippen MR) is 52.5 cm³/mol. The van der Waals surface area contributed by atoms with Crippen LogP contribution in [-0.2, 0) is 0 Å². The molecule has 1 heterocycles. The molecule has 0 aliphatic rings. The zero-order chi connectivity index (χ0) is 10.7. The lowest BCUT2D eigenvalue weighted by atomic mass is 10.1. The summed E-state index contributed by atoms with van der Waals surface area (Å²) in [6, 6.07) is 1.56. The molecule has 0 fully saturated rings. The topological polar surface area (TPSA) is 59.4 Å². The molecular formula is C10H11NO3. The zero-order valence-corrected chi connectivity index (χ0v) is 8.07. The van der Waals surface area contributed by atoms with Gasteiger partial charge in [-0.1, -0.05) is 6.58 Å². The molecule has 0 amide bonds. The number of carbonyl (C=O) groups is 1. The highest BCUT2D eigenvalue weighted by Crippen LogP contribution is 2.21. The first kappa shape index (κ1) is 10.2. The SMILES string of the molecule is C=C(C)c1cc(OC)c(C(=O)O)cn1. The van der Waals surface area contributed by atoms with Crippen LogP contribution in [0.3, 0.4) is 0 Å². The lowest BCUT2D eigenvalue weighted by molar-refractivity contribution is 0.0693. The smallest absolute Gasteiger partial charge is 0.341 e. The Labute approximate surface area is 81.9 Å². The molecule has 0 aliphatic carbocycles. The molecule has 4 nitrogen and oxygen atoms in total. The van der Waals surface area contributed by atoms with Gasteiger partial charge in [0.2, 0.25) is 0 Å². The van der Waals surface area contributed by atoms with Crippen LogP contribution in [0.15, 0.2) is 18.8 Å². The van der Waals surface area contributed by atoms with E-state index < -0.39 is 5.97 Å². The molecule has 0 bridgehead atoms. The minimum atomic E-state index is -1.05. The average Bonchev–Trinajstić information content (AvgIpc) is 2.16. The summed E-state index contributed by atoms with van der Waals surface area (Å²) >= 11 is 0. The zero-order valence-electron chi connectivity index (χ0n) is 8.07. The molecule has 0 atom stereocenters. The van der Waals surface area contributed by atoms with Crippen molar-refractivity contribution in [2.24, 2.45) is 0 Å². The molecule has 0 aliphatic heterocycles. The van der Waals surface area contributed by atoms with E-state index in [0.717, 1.165) is 5.57 Å². The number of nitrogens with zero attached hydrogens (tertiary/aromatic N) is 1. The average molecular weight is 193 g/mol. The minimum Gasteiger partial charge on any atom is -0.496 e. The molecule has 1 N–H and O–H groups in total. The van der Waals surface area contributed by atoms with E-state index >= 15 is 0 Å². The van der Waals surface area contributed by atoms with Crippen molar-refractivity contribution in [2.45, 2.75) is 6.92 Å². The van der Waals surface area contributed by atoms with Crippen LogP contribution in [0, 0.1) is 0 Å². The number of hydrogen-bond donors (Lipinski definition) is 1. The Kier molecular flexibility index (Phi) is 2.86. The van der Waals surface area contributed by atoms with Gasteiger partial charge in [0.15, 0.2) is 0 Å². The summed E-state index contributed by atoms with van der Waals surface area (Å²) in [6.45, 7) is 5.50. The van der Waals surface area contributed by atoms with Crippen LogP contribution in [0.1, 0.15) is 23.0 Å². The molecule has 0 unspecified atom stereocenters. The molecule has 1 aromatic rings. The number of aromatic nitrogens is 1. The van der Waals surface area contributed by atoms with Crippen molar-refractivity contribution < 1.29 is 14.6 Å². The van der Waals surface area contributed by atoms with Crippen LogP contribution in [0.4, 0.5) is 0 Å². The normalized spacial score (nSPS) is 9.57. The summed E-state index contributed by atoms with van der Waals surface area (Å²) < 4.78 is 4.94. The van der Waals surface area contributed by atoms with Crippen LogP contribution in [0.25, 0.3) is 5.57 Å². The number of hydrogen-bond acceptors (Lipinski definition) is 3. The summed E-state index contributed by atoms with van der Waals surface area (Å²) in [4.78, 5) is 14.7. The van der Waals surface area contributed by atoms with Gasteiger partial charge in [-0.25, -0.2) is 4.79 Å². The number of rotatable bonds is 3. The highest BCUT2D eigenvalue weighted by molar-refractivity contribution is 5.90. The Morgan fingerprint density at radius 1 is 1.64 bits per heavy atom. The summed E-state index contributed by atoms with van der Waals surface area (Å²) in [5, 5.41) is 8.78. The maximum Gasteiger partial charge on any atom is 0.341 e. The highest BCUT2D eigenvalue weighted by Gasteiger charge is 2.12. The monoisotopic (exact) mass is 193 g/mol. The number of pyridine rings is 1. The molecule has 0 spiro atoms. The summed E-state index contributed by atoms with van der Waals surface area (Å²) in [5.74, 6) is -0.756. The largest absolute Gasteiger partial charge is 0.496 e. The first-order chi connectivity index (χ1) is 6.56. The highest BCUT2D eigenvalue weighted by atomic mass is 16.5. The molecule has 74 valence electrons. The number of carboxylic acids is 1. The molecule has 1 aromatic heterocycles. The van der Waals surface area contributed by atoms with Crippen LogP contribution in [0.5, 0.6) is 5.75 Å². The van der Waals surface area contributed by atoms with E-state index in [-0.39, 0.29) is 5.56 Å². The molecular weight excluding hydrogens is 182 g/mol. The Morgan fingerprint density at radius 3 is 2.71 bits per heavy atom. The van der Waals surface area contributed by atoms with Gasteiger partial charge in [-0.15, -0.1) is 0 Å². The van der Waals surface area contributed by atoms with E-state index in [1.54, 1.807) is 13.0 Å². The van der Waals surface area contributed by atoms with E-state index in [1.165, 1.54) is 13.3 Å². The Bertz CT molecular complexity index is 385. The molecule has 0 saturated heterocycles. The molecule has 4 heteroatoms. The first-order valence-corrected chi connectivity index (χ1v) is 3.99. The van der Waals surface area contributed by atoms with Gasteiger partial charge in [-0.05, 0) is 12.5 Å². The lowest BCUT2D eigenvalue weighted by Gasteiger charge is -2.06. The van der Waals surface area contributed by atoms with Gasteiger partial charge in [0.25, 0.3) is 0 Å². The molecule has 0 aromatic carbocycles. The van der Waals surface area contributed by atoms with Gasteiger partial charge in [0, 0.05) is 12.3 Å². The third kappa shape index (κ3) is 1.90. The quantitative estimate of drug-likeness (QED) is 0.795. The number of carboxylic acid groups (broad SMARTS) is 1. The van der Waals surface area contributed by atoms with Crippen molar-refractivity contribution in [3.8, 4) is 5.75 Å². The van der Waals surface area contributed by atoms with Crippen LogP contribution in [-0.4, -0.2) is 23.2 Å². The minimum absolute atomic E-state index is 0.0532. The first-order valence-electron chi connectivity index (χ1n) is 3.99. The fourth-order valence-corrected chi connectivity index (χ4v) is 1.000. The summed E-state index contributed by atoms with van der Waals surface area (Å²) in [7, 11) is 1.42. The van der Waals surface area contributed by atoms with Crippen molar-refractivity contribution in [2.75, 3.05) is 7.11 Å². The van der Waals surface area contributed by atoms with Gasteiger partial charge < -0.3 is 9.84 Å². The van der Waals surface area contributed by atoms with E-state index in [4.69, 9.17) is 9.84 Å². The summed E-state index contributed by atoms with van der Waals surface area (Å²) in [6.07, 6.45) is 1.27. The second kappa shape index (κ2) is 3.91. The van der Waals surface area contributed by atoms with Crippen molar-refractivity contribution in [3.63, 3.8) is 0 Å². The van der Waals surface area contributed by atoms with Crippen LogP contribution >= 0.6 is 0 Å². The van der Waals surface area contributed by atoms with Crippen molar-refractivity contribution >= 4 is 11.5 Å². The fraction of sp³-hybridized carbons (Fsp3) is 0.200. The van der Waals surface area contributed by atoms with Gasteiger partial charge in [-0.3, -0.25) is 4.98 Å². The molecule has 14 heavy (non-hydrogen) atoms. The van der Waals surface area contributed by atoms with Crippen molar-refractivity contribution in [3.05, 3.63) is 30.1 Å². The number of aromatic carboxylic acids is 1. The van der Waals surface area contributed by atoms with Crippen LogP contribution < -0.4 is 4.74 Å². The van der Waals surface area contributed by atoms with Gasteiger partial charge in [0.05, 0.1) is 12.8 Å². The van der Waals surface area contributed by atoms with E-state index in [2.05, 4.69) is 11.6 Å². The molecule has 0 radical (unpaired) electrons. The Morgan fingerprint density at radius 2 is 2.29 bits per heavy atom. The van der Waals surface area contributed by atoms with Gasteiger partial charge in [-0.2, -0.15) is 0 Å². The molecule has 1 rings (SSSR count). The van der Waals surface area contributed by atoms with E-state index in [1.807, 2.05) is 0 Å². The molecule has 0 saturated carbocycles. The van der Waals surface area contributed by atoms with Crippen LogP contribution in [0.2, 0.25) is 0 Å². The standard InChI is InChI=1S/C10H11NO3/c1-6(2)8-4-9(14-3)7(5-11-8)10(12)13/h4-5H,1H2,2-3H3,(H,12,13). The summed E-state index contributed by atoms with van der Waals surface area (Å²) in [5.41, 5.74) is 1.45. The van der Waals surface area contributed by atoms with Crippen molar-refractivity contribution in [1.82, 2.24) is 4.98 Å². The maximum atomic E-state index is 10.7. The second-order valence-corrected chi connectivity index (χ2v) is 2.86. The van der Waals surface area contributed by atoms with E-state index in [9.17, 15) is 4.79 Å². The van der Waals surface area contributed by atoms with Crippen molar-refractivity contribution in [1.29, 1.82) is 0 Å². The second-order valence-electron chi connectivity index (χ2n) is 2.86. The van der Waals surface area contributed by atoms with Gasteiger partial charge >= 0.3 is 5.97 Å². The Balaban J connectivity index is 3.25. The van der Waals surface area contributed by atoms with Gasteiger partial charge in [0.1, 0.15) is 11.3 Å². The maximum absolute atomic E-state index is 10.7. The Hall–Kier alpha value is -1.84. The number of methoxy groups -OCH3 is 1. The number of allylic oxidation sites excluding steroid dienone is 1. The fourth-order valence-electron chi connectivity index (χ4n) is 1.000. The number of ether oxygens (including phenoxy) is 1. The predicted octanol–water partition coefficient (Wildman–Crippen LogP) is 1.82. The third-order valence-corrected chi connectivity index (χ3v) is 1.75. The van der Waals surface area contributed by atoms with E-state index in [0.29, 0.717) is 11.4 Å². The lowest BCUT2D eigenvalue weighted by Crippen LogP contribution is -2.02. The third-order valence-electron chi connectivity index (χ3n) is 1.75.